The summed E-state index contributed by atoms with van der Waals surface area (Å²) < 4.78 is 2.04. The molecule has 0 saturated carbocycles. The van der Waals surface area contributed by atoms with Crippen molar-refractivity contribution in [2.75, 3.05) is 0 Å². The quantitative estimate of drug-likeness (QED) is 0.585. The number of aromatic nitrogens is 2. The molecule has 0 aliphatic carbocycles. The van der Waals surface area contributed by atoms with Crippen LogP contribution in [0.15, 0.2) is 36.4 Å². The van der Waals surface area contributed by atoms with Gasteiger partial charge in [0.15, 0.2) is 0 Å². The highest BCUT2D eigenvalue weighted by molar-refractivity contribution is 7.21. The molecule has 4 aromatic rings. The molecule has 1 N–H and O–H groups in total. The first kappa shape index (κ1) is 13.4. The van der Waals surface area contributed by atoms with Crippen LogP contribution in [0.4, 0.5) is 0 Å². The van der Waals surface area contributed by atoms with Gasteiger partial charge in [-0.2, -0.15) is 0 Å². The highest BCUT2D eigenvalue weighted by Gasteiger charge is 2.11. The predicted molar refractivity (Wildman–Crippen MR) is 89.9 cm³/mol. The molecular formula is C16H10N2O2S2. The average Bonchev–Trinajstić information content (AvgIpc) is 3.07. The normalized spacial score (nSPS) is 11.3. The Morgan fingerprint density at radius 1 is 1.00 bits per heavy atom. The van der Waals surface area contributed by atoms with Gasteiger partial charge in [-0.1, -0.05) is 6.07 Å². The zero-order valence-corrected chi connectivity index (χ0v) is 13.2. The number of aromatic carboxylic acids is 1. The van der Waals surface area contributed by atoms with Crippen molar-refractivity contribution in [3.05, 3.63) is 47.0 Å². The number of hydrogen-bond acceptors (Lipinski definition) is 5. The topological polar surface area (TPSA) is 63.1 Å². The van der Waals surface area contributed by atoms with Crippen molar-refractivity contribution in [3.63, 3.8) is 0 Å². The number of aryl methyl sites for hydroxylation is 1. The largest absolute Gasteiger partial charge is 0.478 e. The van der Waals surface area contributed by atoms with E-state index in [9.17, 15) is 4.79 Å². The number of carbonyl (C=O) groups is 1. The van der Waals surface area contributed by atoms with Gasteiger partial charge in [0.1, 0.15) is 5.01 Å². The first-order chi connectivity index (χ1) is 10.6. The van der Waals surface area contributed by atoms with E-state index >= 15 is 0 Å². The Balaban J connectivity index is 1.86. The molecule has 6 heteroatoms. The first-order valence-corrected chi connectivity index (χ1v) is 8.25. The van der Waals surface area contributed by atoms with E-state index in [2.05, 4.69) is 16.0 Å². The lowest BCUT2D eigenvalue weighted by Gasteiger charge is -1.95. The maximum Gasteiger partial charge on any atom is 0.335 e. The Bertz CT molecular complexity index is 1030. The van der Waals surface area contributed by atoms with E-state index < -0.39 is 5.97 Å². The molecular weight excluding hydrogens is 316 g/mol. The van der Waals surface area contributed by atoms with Crippen molar-refractivity contribution in [3.8, 4) is 10.6 Å². The van der Waals surface area contributed by atoms with E-state index in [0.29, 0.717) is 0 Å². The molecule has 0 radical (unpaired) electrons. The molecule has 2 aromatic carbocycles. The van der Waals surface area contributed by atoms with Gasteiger partial charge in [0.05, 0.1) is 31.0 Å². The van der Waals surface area contributed by atoms with Crippen LogP contribution in [-0.2, 0) is 0 Å². The molecule has 0 aliphatic heterocycles. The molecule has 0 aliphatic rings. The molecule has 0 spiro atoms. The van der Waals surface area contributed by atoms with Crippen molar-refractivity contribution in [2.24, 2.45) is 0 Å². The number of fused-ring (bicyclic) bond motifs is 2. The Kier molecular flexibility index (Phi) is 2.95. The molecule has 2 aromatic heterocycles. The molecule has 0 atom stereocenters. The summed E-state index contributed by atoms with van der Waals surface area (Å²) in [6, 6.07) is 11.1. The Labute approximate surface area is 133 Å². The number of thiazole rings is 2. The smallest absolute Gasteiger partial charge is 0.335 e. The molecule has 0 saturated heterocycles. The summed E-state index contributed by atoms with van der Waals surface area (Å²) in [5.74, 6) is -0.920. The van der Waals surface area contributed by atoms with Crippen LogP contribution in [0.5, 0.6) is 0 Å². The molecule has 22 heavy (non-hydrogen) atoms. The van der Waals surface area contributed by atoms with Crippen molar-refractivity contribution >= 4 is 49.1 Å². The highest BCUT2D eigenvalue weighted by atomic mass is 32.1. The van der Waals surface area contributed by atoms with Crippen LogP contribution < -0.4 is 0 Å². The number of benzene rings is 2. The highest BCUT2D eigenvalue weighted by Crippen LogP contribution is 2.33. The third-order valence-corrected chi connectivity index (χ3v) is 5.40. The summed E-state index contributed by atoms with van der Waals surface area (Å²) in [6.07, 6.45) is 0. The number of nitrogens with zero attached hydrogens (tertiary/aromatic N) is 2. The monoisotopic (exact) mass is 326 g/mol. The first-order valence-electron chi connectivity index (χ1n) is 6.61. The second-order valence-electron chi connectivity index (χ2n) is 4.92. The van der Waals surface area contributed by atoms with Gasteiger partial charge in [-0.05, 0) is 37.3 Å². The lowest BCUT2D eigenvalue weighted by Crippen LogP contribution is -1.94. The molecule has 0 fully saturated rings. The molecule has 4 rings (SSSR count). The fourth-order valence-corrected chi connectivity index (χ4v) is 4.17. The summed E-state index contributed by atoms with van der Waals surface area (Å²) >= 11 is 3.17. The Morgan fingerprint density at radius 2 is 1.86 bits per heavy atom. The molecule has 2 heterocycles. The summed E-state index contributed by atoms with van der Waals surface area (Å²) in [4.78, 5) is 20.2. The maximum atomic E-state index is 11.0. The van der Waals surface area contributed by atoms with Crippen molar-refractivity contribution in [1.29, 1.82) is 0 Å². The fraction of sp³-hybridized carbons (Fsp3) is 0.0625. The molecule has 4 nitrogen and oxygen atoms in total. The number of hydrogen-bond donors (Lipinski definition) is 1. The average molecular weight is 326 g/mol. The Hall–Kier alpha value is -2.31. The minimum Gasteiger partial charge on any atom is -0.478 e. The van der Waals surface area contributed by atoms with Crippen LogP contribution in [0.25, 0.3) is 31.0 Å². The molecule has 0 amide bonds. The van der Waals surface area contributed by atoms with Crippen LogP contribution >= 0.6 is 22.7 Å². The second kappa shape index (κ2) is 4.86. The van der Waals surface area contributed by atoms with E-state index in [4.69, 9.17) is 5.11 Å². The number of rotatable bonds is 2. The van der Waals surface area contributed by atoms with E-state index in [0.717, 1.165) is 36.0 Å². The summed E-state index contributed by atoms with van der Waals surface area (Å²) in [7, 11) is 0. The third kappa shape index (κ3) is 2.17. The van der Waals surface area contributed by atoms with Gasteiger partial charge in [-0.3, -0.25) is 0 Å². The van der Waals surface area contributed by atoms with Gasteiger partial charge in [-0.25, -0.2) is 14.8 Å². The van der Waals surface area contributed by atoms with Gasteiger partial charge in [0.2, 0.25) is 0 Å². The Morgan fingerprint density at radius 3 is 2.68 bits per heavy atom. The van der Waals surface area contributed by atoms with E-state index in [-0.39, 0.29) is 5.56 Å². The number of carboxylic acids is 1. The summed E-state index contributed by atoms with van der Waals surface area (Å²) in [5, 5.41) is 11.0. The SMILES string of the molecule is Cc1nc2cc(-c3nc4ccc(C(=O)O)cc4s3)ccc2s1. The lowest BCUT2D eigenvalue weighted by atomic mass is 10.2. The minimum atomic E-state index is -0.920. The van der Waals surface area contributed by atoms with Gasteiger partial charge in [0.25, 0.3) is 0 Å². The van der Waals surface area contributed by atoms with Crippen LogP contribution in [-0.4, -0.2) is 21.0 Å². The predicted octanol–water partition coefficient (Wildman–Crippen LogP) is 4.58. The fourth-order valence-electron chi connectivity index (χ4n) is 2.36. The van der Waals surface area contributed by atoms with Crippen LogP contribution in [0.1, 0.15) is 15.4 Å². The zero-order chi connectivity index (χ0) is 15.3. The van der Waals surface area contributed by atoms with Gasteiger partial charge in [0, 0.05) is 5.56 Å². The minimum absolute atomic E-state index is 0.285. The second-order valence-corrected chi connectivity index (χ2v) is 7.19. The van der Waals surface area contributed by atoms with Crippen LogP contribution in [0.3, 0.4) is 0 Å². The van der Waals surface area contributed by atoms with E-state index in [1.165, 1.54) is 11.3 Å². The molecule has 0 unspecified atom stereocenters. The van der Waals surface area contributed by atoms with Gasteiger partial charge >= 0.3 is 5.97 Å². The maximum absolute atomic E-state index is 11.0. The summed E-state index contributed by atoms with van der Waals surface area (Å²) in [6.45, 7) is 2.00. The molecule has 0 bridgehead atoms. The third-order valence-electron chi connectivity index (χ3n) is 3.38. The number of carboxylic acid groups (broad SMARTS) is 1. The van der Waals surface area contributed by atoms with Gasteiger partial charge in [-0.15, -0.1) is 22.7 Å². The zero-order valence-electron chi connectivity index (χ0n) is 11.5. The van der Waals surface area contributed by atoms with Crippen LogP contribution in [0.2, 0.25) is 0 Å². The van der Waals surface area contributed by atoms with E-state index in [1.807, 2.05) is 19.1 Å². The van der Waals surface area contributed by atoms with Crippen molar-refractivity contribution < 1.29 is 9.90 Å². The molecule has 108 valence electrons. The van der Waals surface area contributed by atoms with Crippen molar-refractivity contribution in [2.45, 2.75) is 6.92 Å². The van der Waals surface area contributed by atoms with Gasteiger partial charge < -0.3 is 5.11 Å². The van der Waals surface area contributed by atoms with E-state index in [1.54, 1.807) is 29.5 Å². The summed E-state index contributed by atoms with van der Waals surface area (Å²) in [5.41, 5.74) is 3.09. The lowest BCUT2D eigenvalue weighted by molar-refractivity contribution is 0.0697. The standard InChI is InChI=1S/C16H10N2O2S2/c1-8-17-12-6-9(3-5-13(12)21-8)15-18-11-4-2-10(16(19)20)7-14(11)22-15/h2-7H,1H3,(H,19,20). The van der Waals surface area contributed by atoms with Crippen molar-refractivity contribution in [1.82, 2.24) is 9.97 Å². The van der Waals surface area contributed by atoms with Crippen LogP contribution in [0, 0.1) is 6.92 Å².